The first-order chi connectivity index (χ1) is 10.2. The molecule has 21 heavy (non-hydrogen) atoms. The van der Waals surface area contributed by atoms with Crippen molar-refractivity contribution in [2.45, 2.75) is 25.9 Å². The predicted molar refractivity (Wildman–Crippen MR) is 93.1 cm³/mol. The fourth-order valence-electron chi connectivity index (χ4n) is 2.53. The molecule has 0 spiro atoms. The number of rotatable bonds is 7. The van der Waals surface area contributed by atoms with E-state index in [1.807, 2.05) is 0 Å². The van der Waals surface area contributed by atoms with Gasteiger partial charge in [0.2, 0.25) is 0 Å². The van der Waals surface area contributed by atoms with Gasteiger partial charge in [0, 0.05) is 23.6 Å². The summed E-state index contributed by atoms with van der Waals surface area (Å²) < 4.78 is 1.17. The fraction of sp³-hybridized carbons (Fsp3) is 0.333. The minimum absolute atomic E-state index is 0.354. The Bertz CT molecular complexity index is 542. The Morgan fingerprint density at radius 1 is 1.05 bits per heavy atom. The van der Waals surface area contributed by atoms with E-state index in [0.29, 0.717) is 6.04 Å². The molecule has 0 saturated carbocycles. The Labute approximate surface area is 136 Å². The zero-order valence-electron chi connectivity index (χ0n) is 12.5. The summed E-state index contributed by atoms with van der Waals surface area (Å²) in [6.07, 6.45) is 1.02. The van der Waals surface area contributed by atoms with Gasteiger partial charge < -0.3 is 5.73 Å². The summed E-state index contributed by atoms with van der Waals surface area (Å²) in [6.45, 7) is 4.95. The third-order valence-electron chi connectivity index (χ3n) is 3.78. The van der Waals surface area contributed by atoms with Crippen LogP contribution in [0, 0.1) is 0 Å². The number of nitrogens with zero attached hydrogens (tertiary/aromatic N) is 1. The van der Waals surface area contributed by atoms with Crippen molar-refractivity contribution < 1.29 is 0 Å². The van der Waals surface area contributed by atoms with Gasteiger partial charge in [-0.2, -0.15) is 0 Å². The molecule has 0 aliphatic rings. The maximum atomic E-state index is 5.70. The molecule has 0 amide bonds. The second-order valence-corrected chi connectivity index (χ2v) is 6.15. The van der Waals surface area contributed by atoms with Crippen LogP contribution in [0.3, 0.4) is 0 Å². The molecule has 2 N–H and O–H groups in total. The van der Waals surface area contributed by atoms with Gasteiger partial charge in [0.25, 0.3) is 0 Å². The van der Waals surface area contributed by atoms with E-state index in [-0.39, 0.29) is 0 Å². The van der Waals surface area contributed by atoms with E-state index in [0.717, 1.165) is 26.1 Å². The van der Waals surface area contributed by atoms with Crippen molar-refractivity contribution in [1.29, 1.82) is 0 Å². The van der Waals surface area contributed by atoms with Crippen LogP contribution < -0.4 is 5.73 Å². The fourth-order valence-corrected chi connectivity index (χ4v) is 3.15. The lowest BCUT2D eigenvalue weighted by Crippen LogP contribution is -2.29. The van der Waals surface area contributed by atoms with E-state index in [1.165, 1.54) is 15.6 Å². The summed E-state index contributed by atoms with van der Waals surface area (Å²) in [5.41, 5.74) is 8.37. The van der Waals surface area contributed by atoms with Crippen LogP contribution in [0.4, 0.5) is 0 Å². The Kier molecular flexibility index (Phi) is 6.43. The van der Waals surface area contributed by atoms with Crippen molar-refractivity contribution >= 4 is 15.9 Å². The molecule has 0 aromatic heterocycles. The molecule has 2 aromatic rings. The summed E-state index contributed by atoms with van der Waals surface area (Å²) in [5, 5.41) is 0. The van der Waals surface area contributed by atoms with Crippen LogP contribution in [-0.4, -0.2) is 18.0 Å². The molecule has 112 valence electrons. The first kappa shape index (κ1) is 16.2. The summed E-state index contributed by atoms with van der Waals surface area (Å²) >= 11 is 3.67. The first-order valence-corrected chi connectivity index (χ1v) is 8.24. The van der Waals surface area contributed by atoms with Gasteiger partial charge in [0.05, 0.1) is 0 Å². The van der Waals surface area contributed by atoms with Crippen LogP contribution in [0.25, 0.3) is 0 Å². The second-order valence-electron chi connectivity index (χ2n) is 5.30. The summed E-state index contributed by atoms with van der Waals surface area (Å²) in [5.74, 6) is 0. The molecule has 2 nitrogen and oxygen atoms in total. The molecule has 0 heterocycles. The Morgan fingerprint density at radius 3 is 2.38 bits per heavy atom. The topological polar surface area (TPSA) is 29.3 Å². The normalized spacial score (nSPS) is 12.6. The molecule has 0 saturated heterocycles. The average Bonchev–Trinajstić information content (AvgIpc) is 2.52. The van der Waals surface area contributed by atoms with Crippen molar-refractivity contribution in [3.05, 3.63) is 70.2 Å². The number of hydrogen-bond donors (Lipinski definition) is 1. The molecular weight excluding hydrogens is 324 g/mol. The largest absolute Gasteiger partial charge is 0.330 e. The monoisotopic (exact) mass is 346 g/mol. The van der Waals surface area contributed by atoms with Crippen molar-refractivity contribution in [3.8, 4) is 0 Å². The highest BCUT2D eigenvalue weighted by atomic mass is 79.9. The highest BCUT2D eigenvalue weighted by Crippen LogP contribution is 2.28. The van der Waals surface area contributed by atoms with E-state index in [4.69, 9.17) is 5.73 Å². The summed E-state index contributed by atoms with van der Waals surface area (Å²) in [6, 6.07) is 19.4. The quantitative estimate of drug-likeness (QED) is 0.806. The maximum absolute atomic E-state index is 5.70. The standard InChI is InChI=1S/C18H23BrN2/c1-15(17-10-5-6-11-18(17)19)21(13-7-12-20)14-16-8-3-2-4-9-16/h2-6,8-11,15H,7,12-14,20H2,1H3. The van der Waals surface area contributed by atoms with Crippen molar-refractivity contribution in [3.63, 3.8) is 0 Å². The molecule has 0 bridgehead atoms. The van der Waals surface area contributed by atoms with E-state index < -0.39 is 0 Å². The predicted octanol–water partition coefficient (Wildman–Crippen LogP) is 4.36. The van der Waals surface area contributed by atoms with Crippen LogP contribution in [0.1, 0.15) is 30.5 Å². The number of nitrogens with two attached hydrogens (primary N) is 1. The third-order valence-corrected chi connectivity index (χ3v) is 4.50. The molecule has 0 fully saturated rings. The number of halogens is 1. The number of benzene rings is 2. The molecular formula is C18H23BrN2. The lowest BCUT2D eigenvalue weighted by atomic mass is 10.1. The van der Waals surface area contributed by atoms with Gasteiger partial charge in [0.15, 0.2) is 0 Å². The molecule has 0 radical (unpaired) electrons. The van der Waals surface area contributed by atoms with Crippen LogP contribution in [-0.2, 0) is 6.54 Å². The van der Waals surface area contributed by atoms with E-state index in [1.54, 1.807) is 0 Å². The van der Waals surface area contributed by atoms with Crippen molar-refractivity contribution in [1.82, 2.24) is 4.90 Å². The Hall–Kier alpha value is -1.16. The van der Waals surface area contributed by atoms with Gasteiger partial charge in [-0.15, -0.1) is 0 Å². The van der Waals surface area contributed by atoms with Gasteiger partial charge in [-0.3, -0.25) is 4.90 Å². The van der Waals surface area contributed by atoms with Crippen molar-refractivity contribution in [2.75, 3.05) is 13.1 Å². The smallest absolute Gasteiger partial charge is 0.0334 e. The maximum Gasteiger partial charge on any atom is 0.0334 e. The van der Waals surface area contributed by atoms with E-state index in [9.17, 15) is 0 Å². The average molecular weight is 347 g/mol. The minimum atomic E-state index is 0.354. The molecule has 0 aliphatic heterocycles. The SMILES string of the molecule is CC(c1ccccc1Br)N(CCCN)Cc1ccccc1. The first-order valence-electron chi connectivity index (χ1n) is 7.45. The highest BCUT2D eigenvalue weighted by molar-refractivity contribution is 9.10. The highest BCUT2D eigenvalue weighted by Gasteiger charge is 2.17. The zero-order valence-corrected chi connectivity index (χ0v) is 14.1. The lowest BCUT2D eigenvalue weighted by Gasteiger charge is -2.30. The molecule has 2 aromatic carbocycles. The Balaban J connectivity index is 2.17. The lowest BCUT2D eigenvalue weighted by molar-refractivity contribution is 0.199. The van der Waals surface area contributed by atoms with Crippen LogP contribution in [0.2, 0.25) is 0 Å². The Morgan fingerprint density at radius 2 is 1.71 bits per heavy atom. The molecule has 0 aliphatic carbocycles. The minimum Gasteiger partial charge on any atom is -0.330 e. The number of hydrogen-bond acceptors (Lipinski definition) is 2. The molecule has 2 rings (SSSR count). The summed E-state index contributed by atoms with van der Waals surface area (Å²) in [4.78, 5) is 2.49. The van der Waals surface area contributed by atoms with Crippen LogP contribution >= 0.6 is 15.9 Å². The molecule has 3 heteroatoms. The van der Waals surface area contributed by atoms with Crippen LogP contribution in [0.15, 0.2) is 59.1 Å². The third kappa shape index (κ3) is 4.67. The summed E-state index contributed by atoms with van der Waals surface area (Å²) in [7, 11) is 0. The zero-order chi connectivity index (χ0) is 15.1. The van der Waals surface area contributed by atoms with Crippen molar-refractivity contribution in [2.24, 2.45) is 5.73 Å². The second kappa shape index (κ2) is 8.32. The molecule has 1 atom stereocenters. The van der Waals surface area contributed by atoms with E-state index in [2.05, 4.69) is 82.4 Å². The van der Waals surface area contributed by atoms with E-state index >= 15 is 0 Å². The molecule has 1 unspecified atom stereocenters. The van der Waals surface area contributed by atoms with Gasteiger partial charge in [-0.25, -0.2) is 0 Å². The van der Waals surface area contributed by atoms with Crippen LogP contribution in [0.5, 0.6) is 0 Å². The van der Waals surface area contributed by atoms with Gasteiger partial charge in [-0.05, 0) is 37.1 Å². The van der Waals surface area contributed by atoms with Gasteiger partial charge in [0.1, 0.15) is 0 Å². The van der Waals surface area contributed by atoms with Gasteiger partial charge in [-0.1, -0.05) is 64.5 Å². The van der Waals surface area contributed by atoms with Gasteiger partial charge >= 0.3 is 0 Å².